The minimum atomic E-state index is -2.80. The van der Waals surface area contributed by atoms with Gasteiger partial charge in [-0.15, -0.1) is 0 Å². The molecule has 0 amide bonds. The first-order valence-electron chi connectivity index (χ1n) is 8.80. The smallest absolute Gasteiger partial charge is 0.147 e. The lowest BCUT2D eigenvalue weighted by Crippen LogP contribution is -2.18. The third-order valence-corrected chi connectivity index (χ3v) is 7.91. The van der Waals surface area contributed by atoms with Crippen molar-refractivity contribution in [3.05, 3.63) is 89.0 Å². The molecule has 0 heterocycles. The van der Waals surface area contributed by atoms with E-state index in [-0.39, 0.29) is 0 Å². The van der Waals surface area contributed by atoms with Gasteiger partial charge in [-0.3, -0.25) is 0 Å². The van der Waals surface area contributed by atoms with Crippen LogP contribution in [0.4, 0.5) is 0 Å². The second-order valence-corrected chi connectivity index (χ2v) is 9.64. The fourth-order valence-electron chi connectivity index (χ4n) is 3.51. The molecule has 2 nitrogen and oxygen atoms in total. The number of benzene rings is 3. The summed E-state index contributed by atoms with van der Waals surface area (Å²) in [6.07, 6.45) is 0.529. The van der Waals surface area contributed by atoms with Gasteiger partial charge in [-0.1, -0.05) is 48.0 Å². The van der Waals surface area contributed by atoms with Gasteiger partial charge in [0.25, 0.3) is 0 Å². The van der Waals surface area contributed by atoms with Crippen LogP contribution in [0.2, 0.25) is 0 Å². The van der Waals surface area contributed by atoms with E-state index in [1.165, 1.54) is 22.3 Å². The Morgan fingerprint density at radius 2 is 1.35 bits per heavy atom. The van der Waals surface area contributed by atoms with Gasteiger partial charge in [0.1, 0.15) is 12.9 Å². The quantitative estimate of drug-likeness (QED) is 0.586. The summed E-state index contributed by atoms with van der Waals surface area (Å²) in [5, 5.41) is 1.76. The first kappa shape index (κ1) is 18.5. The first-order valence-corrected chi connectivity index (χ1v) is 10.7. The molecule has 3 aromatic carbocycles. The molecule has 0 aliphatic carbocycles. The molecule has 3 rings (SSSR count). The van der Waals surface area contributed by atoms with Crippen molar-refractivity contribution in [2.75, 3.05) is 7.11 Å². The second-order valence-electron chi connectivity index (χ2n) is 6.81. The average molecular weight is 364 g/mol. The predicted molar refractivity (Wildman–Crippen MR) is 111 cm³/mol. The van der Waals surface area contributed by atoms with Crippen molar-refractivity contribution in [1.82, 2.24) is 0 Å². The molecule has 134 valence electrons. The van der Waals surface area contributed by atoms with Gasteiger partial charge in [0, 0.05) is 16.8 Å². The highest BCUT2D eigenvalue weighted by Gasteiger charge is 2.29. The van der Waals surface area contributed by atoms with Gasteiger partial charge >= 0.3 is 0 Å². The highest BCUT2D eigenvalue weighted by Crippen LogP contribution is 2.48. The zero-order valence-electron chi connectivity index (χ0n) is 15.8. The molecule has 0 aliphatic rings. The molecule has 0 saturated carbocycles. The monoisotopic (exact) mass is 364 g/mol. The maximum atomic E-state index is 14.3. The van der Waals surface area contributed by atoms with E-state index < -0.39 is 7.14 Å². The summed E-state index contributed by atoms with van der Waals surface area (Å²) in [5.41, 5.74) is 4.82. The Labute approximate surface area is 156 Å². The Morgan fingerprint density at radius 1 is 0.808 bits per heavy atom. The van der Waals surface area contributed by atoms with Crippen LogP contribution in [0.25, 0.3) is 0 Å². The van der Waals surface area contributed by atoms with Crippen molar-refractivity contribution in [3.63, 3.8) is 0 Å². The van der Waals surface area contributed by atoms with Crippen LogP contribution in [0.3, 0.4) is 0 Å². The second kappa shape index (κ2) is 7.51. The molecule has 0 bridgehead atoms. The molecule has 26 heavy (non-hydrogen) atoms. The topological polar surface area (TPSA) is 26.3 Å². The van der Waals surface area contributed by atoms with Crippen LogP contribution in [0, 0.1) is 20.8 Å². The van der Waals surface area contributed by atoms with Gasteiger partial charge in [-0.25, -0.2) is 0 Å². The van der Waals surface area contributed by atoms with E-state index in [0.29, 0.717) is 6.16 Å². The maximum absolute atomic E-state index is 14.3. The zero-order chi connectivity index (χ0) is 18.7. The van der Waals surface area contributed by atoms with E-state index in [1.807, 2.05) is 54.6 Å². The van der Waals surface area contributed by atoms with Crippen molar-refractivity contribution in [3.8, 4) is 5.75 Å². The number of ether oxygens (including phenoxy) is 1. The van der Waals surface area contributed by atoms with Crippen LogP contribution < -0.4 is 15.3 Å². The summed E-state index contributed by atoms with van der Waals surface area (Å²) in [4.78, 5) is 0. The molecule has 0 aromatic heterocycles. The lowest BCUT2D eigenvalue weighted by Gasteiger charge is -2.22. The fraction of sp³-hybridized carbons (Fsp3) is 0.217. The molecule has 0 saturated heterocycles. The molecule has 0 N–H and O–H groups in total. The molecule has 1 atom stereocenters. The summed E-state index contributed by atoms with van der Waals surface area (Å²) in [5.74, 6) is 0.774. The van der Waals surface area contributed by atoms with Gasteiger partial charge in [-0.2, -0.15) is 0 Å². The number of rotatable bonds is 5. The van der Waals surface area contributed by atoms with Crippen LogP contribution in [0.15, 0.2) is 66.7 Å². The average Bonchev–Trinajstić information content (AvgIpc) is 2.65. The Bertz CT molecular complexity index is 921. The van der Waals surface area contributed by atoms with Crippen LogP contribution in [0.1, 0.15) is 22.3 Å². The van der Waals surface area contributed by atoms with Crippen molar-refractivity contribution in [1.29, 1.82) is 0 Å². The molecule has 3 aromatic rings. The molecule has 0 spiro atoms. The lowest BCUT2D eigenvalue weighted by atomic mass is 10.0. The van der Waals surface area contributed by atoms with Crippen molar-refractivity contribution in [2.24, 2.45) is 0 Å². The highest BCUT2D eigenvalue weighted by molar-refractivity contribution is 7.78. The molecule has 3 heteroatoms. The van der Waals surface area contributed by atoms with Crippen LogP contribution in [-0.2, 0) is 10.7 Å². The summed E-state index contributed by atoms with van der Waals surface area (Å²) in [6, 6.07) is 21.8. The Balaban J connectivity index is 2.14. The van der Waals surface area contributed by atoms with Gasteiger partial charge < -0.3 is 9.30 Å². The molecule has 0 radical (unpaired) electrons. The van der Waals surface area contributed by atoms with E-state index in [1.54, 1.807) is 7.11 Å². The molecule has 1 unspecified atom stereocenters. The number of hydrogen-bond acceptors (Lipinski definition) is 2. The van der Waals surface area contributed by atoms with Gasteiger partial charge in [0.2, 0.25) is 0 Å². The standard InChI is InChI=1S/C23H25O2P/c1-17-14-18(2)23(19(3)15-17)16-26(24,21-8-6-5-7-9-21)22-12-10-20(25-4)11-13-22/h5-15H,16H2,1-4H3. The SMILES string of the molecule is COc1ccc(P(=O)(Cc2c(C)cc(C)cc2C)c2ccccc2)cc1. The number of hydrogen-bond donors (Lipinski definition) is 0. The molecular weight excluding hydrogens is 339 g/mol. The van der Waals surface area contributed by atoms with E-state index in [9.17, 15) is 4.57 Å². The number of aryl methyl sites for hydroxylation is 3. The third kappa shape index (κ3) is 3.61. The van der Waals surface area contributed by atoms with Crippen LogP contribution >= 0.6 is 7.14 Å². The summed E-state index contributed by atoms with van der Waals surface area (Å²) >= 11 is 0. The van der Waals surface area contributed by atoms with Crippen LogP contribution in [-0.4, -0.2) is 7.11 Å². The van der Waals surface area contributed by atoms with E-state index >= 15 is 0 Å². The Morgan fingerprint density at radius 3 is 1.88 bits per heavy atom. The first-order chi connectivity index (χ1) is 12.4. The minimum absolute atomic E-state index is 0.529. The summed E-state index contributed by atoms with van der Waals surface area (Å²) in [7, 11) is -1.16. The van der Waals surface area contributed by atoms with E-state index in [0.717, 1.165) is 16.4 Å². The molecular formula is C23H25O2P. The van der Waals surface area contributed by atoms with E-state index in [2.05, 4.69) is 32.9 Å². The van der Waals surface area contributed by atoms with E-state index in [4.69, 9.17) is 4.74 Å². The van der Waals surface area contributed by atoms with Crippen molar-refractivity contribution in [2.45, 2.75) is 26.9 Å². The molecule has 0 fully saturated rings. The highest BCUT2D eigenvalue weighted by atomic mass is 31.2. The predicted octanol–water partition coefficient (Wildman–Crippen LogP) is 5.13. The third-order valence-electron chi connectivity index (χ3n) is 4.88. The number of methoxy groups -OCH3 is 1. The summed E-state index contributed by atoms with van der Waals surface area (Å²) < 4.78 is 19.6. The largest absolute Gasteiger partial charge is 0.497 e. The molecule has 0 aliphatic heterocycles. The van der Waals surface area contributed by atoms with Crippen LogP contribution in [0.5, 0.6) is 5.75 Å². The van der Waals surface area contributed by atoms with Gasteiger partial charge in [0.05, 0.1) is 7.11 Å². The normalized spacial score (nSPS) is 13.2. The lowest BCUT2D eigenvalue weighted by molar-refractivity contribution is 0.415. The maximum Gasteiger partial charge on any atom is 0.147 e. The minimum Gasteiger partial charge on any atom is -0.497 e. The Hall–Kier alpha value is -2.31. The van der Waals surface area contributed by atoms with Crippen molar-refractivity contribution < 1.29 is 9.30 Å². The van der Waals surface area contributed by atoms with Gasteiger partial charge in [0.15, 0.2) is 0 Å². The summed E-state index contributed by atoms with van der Waals surface area (Å²) in [6.45, 7) is 6.32. The van der Waals surface area contributed by atoms with Crippen molar-refractivity contribution >= 4 is 17.8 Å². The Kier molecular flexibility index (Phi) is 5.34. The van der Waals surface area contributed by atoms with Gasteiger partial charge in [-0.05, 0) is 61.7 Å². The fourth-order valence-corrected chi connectivity index (χ4v) is 6.40. The zero-order valence-corrected chi connectivity index (χ0v) is 16.7.